The van der Waals surface area contributed by atoms with E-state index in [9.17, 15) is 19.2 Å². The van der Waals surface area contributed by atoms with Gasteiger partial charge in [-0.15, -0.1) is 0 Å². The van der Waals surface area contributed by atoms with Gasteiger partial charge < -0.3 is 10.4 Å². The van der Waals surface area contributed by atoms with E-state index in [-0.39, 0.29) is 27.9 Å². The largest absolute Gasteiger partial charge is 0.478 e. The number of amides is 3. The number of imide groups is 1. The molecule has 0 radical (unpaired) electrons. The number of carbonyl (C=O) groups excluding carboxylic acids is 3. The highest BCUT2D eigenvalue weighted by atomic mass is 35.5. The van der Waals surface area contributed by atoms with Crippen molar-refractivity contribution in [3.05, 3.63) is 93.5 Å². The molecule has 0 saturated carbocycles. The third-order valence-corrected chi connectivity index (χ3v) is 5.18. The number of halogens is 1. The first-order valence-corrected chi connectivity index (χ1v) is 9.58. The molecule has 0 aromatic heterocycles. The van der Waals surface area contributed by atoms with E-state index in [0.29, 0.717) is 10.7 Å². The zero-order chi connectivity index (χ0) is 22.3. The third-order valence-electron chi connectivity index (χ3n) is 4.95. The van der Waals surface area contributed by atoms with Crippen molar-refractivity contribution in [3.63, 3.8) is 0 Å². The van der Waals surface area contributed by atoms with Gasteiger partial charge in [0, 0.05) is 16.3 Å². The first-order chi connectivity index (χ1) is 14.8. The Morgan fingerprint density at radius 2 is 1.65 bits per heavy atom. The van der Waals surface area contributed by atoms with Crippen molar-refractivity contribution in [2.45, 2.75) is 6.92 Å². The van der Waals surface area contributed by atoms with E-state index >= 15 is 0 Å². The van der Waals surface area contributed by atoms with Crippen LogP contribution in [0.1, 0.15) is 47.0 Å². The average molecular weight is 435 g/mol. The van der Waals surface area contributed by atoms with Crippen LogP contribution in [-0.4, -0.2) is 28.8 Å². The lowest BCUT2D eigenvalue weighted by Crippen LogP contribution is -2.29. The molecule has 0 aliphatic carbocycles. The molecule has 0 spiro atoms. The summed E-state index contributed by atoms with van der Waals surface area (Å²) >= 11 is 5.99. The van der Waals surface area contributed by atoms with Gasteiger partial charge in [-0.05, 0) is 61.0 Å². The van der Waals surface area contributed by atoms with Crippen molar-refractivity contribution in [1.29, 1.82) is 0 Å². The number of nitrogens with one attached hydrogen (secondary N) is 1. The fourth-order valence-electron chi connectivity index (χ4n) is 3.32. The van der Waals surface area contributed by atoms with Crippen LogP contribution in [0.5, 0.6) is 0 Å². The summed E-state index contributed by atoms with van der Waals surface area (Å²) in [5.41, 5.74) is 1.84. The minimum atomic E-state index is -1.20. The molecule has 0 fully saturated rings. The Bertz CT molecular complexity index is 1280. The van der Waals surface area contributed by atoms with Gasteiger partial charge >= 0.3 is 5.97 Å². The Balaban J connectivity index is 1.64. The van der Waals surface area contributed by atoms with Gasteiger partial charge in [0.2, 0.25) is 0 Å². The minimum Gasteiger partial charge on any atom is -0.478 e. The van der Waals surface area contributed by atoms with Crippen molar-refractivity contribution in [2.75, 3.05) is 10.2 Å². The maximum atomic E-state index is 12.8. The zero-order valence-corrected chi connectivity index (χ0v) is 16.9. The normalized spacial score (nSPS) is 12.6. The topological polar surface area (TPSA) is 104 Å². The fraction of sp³-hybridized carbons (Fsp3) is 0.0435. The Morgan fingerprint density at radius 1 is 0.903 bits per heavy atom. The molecule has 3 amide bonds. The number of hydrogen-bond acceptors (Lipinski definition) is 4. The lowest BCUT2D eigenvalue weighted by molar-refractivity contribution is 0.0696. The number of benzene rings is 3. The molecule has 3 aromatic rings. The molecule has 7 nitrogen and oxygen atoms in total. The van der Waals surface area contributed by atoms with Crippen LogP contribution < -0.4 is 10.2 Å². The second-order valence-corrected chi connectivity index (χ2v) is 7.41. The van der Waals surface area contributed by atoms with Crippen LogP contribution in [0.3, 0.4) is 0 Å². The Kier molecular flexibility index (Phi) is 5.04. The van der Waals surface area contributed by atoms with Crippen LogP contribution in [0.4, 0.5) is 11.4 Å². The van der Waals surface area contributed by atoms with Gasteiger partial charge in [0.05, 0.1) is 22.4 Å². The van der Waals surface area contributed by atoms with Gasteiger partial charge in [-0.3, -0.25) is 14.4 Å². The van der Waals surface area contributed by atoms with Crippen molar-refractivity contribution in [1.82, 2.24) is 0 Å². The molecule has 2 N–H and O–H groups in total. The zero-order valence-electron chi connectivity index (χ0n) is 16.2. The number of nitrogens with zero attached hydrogens (tertiary/aromatic N) is 1. The predicted octanol–water partition coefficient (Wildman–Crippen LogP) is 4.40. The smallest absolute Gasteiger partial charge is 0.335 e. The van der Waals surface area contributed by atoms with Crippen LogP contribution in [-0.2, 0) is 0 Å². The van der Waals surface area contributed by atoms with Crippen LogP contribution in [0.15, 0.2) is 60.7 Å². The number of anilines is 2. The van der Waals surface area contributed by atoms with Gasteiger partial charge in [0.15, 0.2) is 0 Å². The molecule has 0 atom stereocenters. The maximum Gasteiger partial charge on any atom is 0.335 e. The molecule has 1 aliphatic heterocycles. The molecule has 0 saturated heterocycles. The van der Waals surface area contributed by atoms with Crippen LogP contribution in [0.25, 0.3) is 0 Å². The summed E-state index contributed by atoms with van der Waals surface area (Å²) in [5, 5.41) is 12.4. The number of carbonyl (C=O) groups is 4. The number of hydrogen-bond donors (Lipinski definition) is 2. The monoisotopic (exact) mass is 434 g/mol. The molecular weight excluding hydrogens is 420 g/mol. The number of aromatic carboxylic acids is 1. The lowest BCUT2D eigenvalue weighted by Gasteiger charge is -2.15. The Labute approximate surface area is 181 Å². The van der Waals surface area contributed by atoms with E-state index in [2.05, 4.69) is 5.32 Å². The Morgan fingerprint density at radius 3 is 2.39 bits per heavy atom. The molecule has 3 aromatic carbocycles. The Hall–Kier alpha value is -3.97. The summed E-state index contributed by atoms with van der Waals surface area (Å²) in [6.07, 6.45) is 0. The SMILES string of the molecule is Cc1ccc(Cl)cc1NC(=O)c1cccc(N2C(=O)c3ccc(C(=O)O)cc3C2=O)c1. The van der Waals surface area contributed by atoms with Crippen molar-refractivity contribution >= 4 is 46.7 Å². The van der Waals surface area contributed by atoms with Crippen molar-refractivity contribution in [2.24, 2.45) is 0 Å². The van der Waals surface area contributed by atoms with Crippen LogP contribution in [0.2, 0.25) is 5.02 Å². The summed E-state index contributed by atoms with van der Waals surface area (Å²) < 4.78 is 0. The molecule has 1 heterocycles. The second-order valence-electron chi connectivity index (χ2n) is 6.97. The van der Waals surface area contributed by atoms with E-state index in [4.69, 9.17) is 16.7 Å². The van der Waals surface area contributed by atoms with Crippen LogP contribution >= 0.6 is 11.6 Å². The summed E-state index contributed by atoms with van der Waals surface area (Å²) in [6.45, 7) is 1.83. The highest BCUT2D eigenvalue weighted by Gasteiger charge is 2.37. The molecule has 0 bridgehead atoms. The molecule has 4 rings (SSSR count). The number of rotatable bonds is 4. The van der Waals surface area contributed by atoms with Gasteiger partial charge in [-0.25, -0.2) is 9.69 Å². The first kappa shape index (κ1) is 20.3. The summed E-state index contributed by atoms with van der Waals surface area (Å²) in [7, 11) is 0. The quantitative estimate of drug-likeness (QED) is 0.592. The predicted molar refractivity (Wildman–Crippen MR) is 115 cm³/mol. The number of aryl methyl sites for hydroxylation is 1. The highest BCUT2D eigenvalue weighted by molar-refractivity contribution is 6.35. The molecule has 8 heteroatoms. The van der Waals surface area contributed by atoms with Gasteiger partial charge in [-0.2, -0.15) is 0 Å². The molecule has 154 valence electrons. The van der Waals surface area contributed by atoms with E-state index in [0.717, 1.165) is 10.5 Å². The third kappa shape index (κ3) is 3.67. The average Bonchev–Trinajstić information content (AvgIpc) is 3.00. The summed E-state index contributed by atoms with van der Waals surface area (Å²) in [6, 6.07) is 14.9. The highest BCUT2D eigenvalue weighted by Crippen LogP contribution is 2.30. The van der Waals surface area contributed by atoms with E-state index in [1.54, 1.807) is 30.3 Å². The maximum absolute atomic E-state index is 12.8. The minimum absolute atomic E-state index is 0.00862. The van der Waals surface area contributed by atoms with Crippen LogP contribution in [0, 0.1) is 6.92 Å². The molecular formula is C23H15ClN2O5. The molecule has 0 unspecified atom stereocenters. The van der Waals surface area contributed by atoms with Gasteiger partial charge in [-0.1, -0.05) is 23.7 Å². The van der Waals surface area contributed by atoms with Gasteiger partial charge in [0.25, 0.3) is 17.7 Å². The summed E-state index contributed by atoms with van der Waals surface area (Å²) in [5.74, 6) is -2.86. The standard InChI is InChI=1S/C23H15ClN2O5/c1-12-5-7-15(24)11-19(12)25-20(27)13-3-2-4-16(9-13)26-21(28)17-8-6-14(23(30)31)10-18(17)22(26)29/h2-11H,1H3,(H,25,27)(H,30,31). The van der Waals surface area contributed by atoms with Crippen molar-refractivity contribution in [3.8, 4) is 0 Å². The number of carboxylic acid groups (broad SMARTS) is 1. The molecule has 31 heavy (non-hydrogen) atoms. The van der Waals surface area contributed by atoms with E-state index < -0.39 is 23.7 Å². The van der Waals surface area contributed by atoms with Crippen molar-refractivity contribution < 1.29 is 24.3 Å². The first-order valence-electron chi connectivity index (χ1n) is 9.20. The lowest BCUT2D eigenvalue weighted by atomic mass is 10.1. The number of carboxylic acids is 1. The second kappa shape index (κ2) is 7.70. The summed E-state index contributed by atoms with van der Waals surface area (Å²) in [4.78, 5) is 50.5. The van der Waals surface area contributed by atoms with Gasteiger partial charge in [0.1, 0.15) is 0 Å². The van der Waals surface area contributed by atoms with E-state index in [1.165, 1.54) is 30.3 Å². The number of fused-ring (bicyclic) bond motifs is 1. The van der Waals surface area contributed by atoms with E-state index in [1.807, 2.05) is 6.92 Å². The fourth-order valence-corrected chi connectivity index (χ4v) is 3.49. The molecule has 1 aliphatic rings.